The van der Waals surface area contributed by atoms with Gasteiger partial charge in [0.2, 0.25) is 0 Å². The number of benzene rings is 2. The van der Waals surface area contributed by atoms with Crippen LogP contribution in [0.2, 0.25) is 0 Å². The summed E-state index contributed by atoms with van der Waals surface area (Å²) in [5.41, 5.74) is 1.07. The van der Waals surface area contributed by atoms with Crippen LogP contribution >= 0.6 is 10.6 Å². The third-order valence-electron chi connectivity index (χ3n) is 7.20. The molecular formula is C26H33N5O5S. The summed E-state index contributed by atoms with van der Waals surface area (Å²) in [5.74, 6) is -0.0685. The van der Waals surface area contributed by atoms with Gasteiger partial charge < -0.3 is 15.5 Å². The third kappa shape index (κ3) is 4.91. The van der Waals surface area contributed by atoms with Crippen molar-refractivity contribution in [3.8, 4) is 0 Å². The fraction of sp³-hybridized carbons (Fsp3) is 0.423. The number of nitrogens with zero attached hydrogens (tertiary/aromatic N) is 2. The smallest absolute Gasteiger partial charge is 0.322 e. The van der Waals surface area contributed by atoms with Gasteiger partial charge in [0.05, 0.1) is 22.4 Å². The molecule has 2 aromatic carbocycles. The molecule has 3 heterocycles. The van der Waals surface area contributed by atoms with Crippen LogP contribution in [0.25, 0.3) is 0 Å². The summed E-state index contributed by atoms with van der Waals surface area (Å²) >= 11 is 0. The fourth-order valence-electron chi connectivity index (χ4n) is 5.48. The van der Waals surface area contributed by atoms with Gasteiger partial charge in [-0.3, -0.25) is 28.9 Å². The Hall–Kier alpha value is -3.12. The number of nitrogens with one attached hydrogen (secondary N) is 3. The summed E-state index contributed by atoms with van der Waals surface area (Å²) in [5, 5.41) is 8.07. The molecule has 4 amide bonds. The molecule has 37 heavy (non-hydrogen) atoms. The molecule has 2 atom stereocenters. The first kappa shape index (κ1) is 25.5. The monoisotopic (exact) mass is 527 g/mol. The van der Waals surface area contributed by atoms with Crippen molar-refractivity contribution in [3.63, 3.8) is 0 Å². The van der Waals surface area contributed by atoms with Gasteiger partial charge in [0.25, 0.3) is 11.8 Å². The van der Waals surface area contributed by atoms with Crippen LogP contribution in [0.5, 0.6) is 0 Å². The highest BCUT2D eigenvalue weighted by molar-refractivity contribution is 8.24. The second-order valence-electron chi connectivity index (χ2n) is 10.5. The molecule has 0 radical (unpaired) electrons. The number of likely N-dealkylation sites (tertiary alicyclic amines) is 1. The van der Waals surface area contributed by atoms with E-state index < -0.39 is 34.1 Å². The molecule has 198 valence electrons. The zero-order chi connectivity index (χ0) is 26.4. The predicted octanol–water partition coefficient (Wildman–Crippen LogP) is 2.46. The van der Waals surface area contributed by atoms with Crippen LogP contribution in [0, 0.1) is 5.92 Å². The lowest BCUT2D eigenvalue weighted by Crippen LogP contribution is -2.62. The predicted molar refractivity (Wildman–Crippen MR) is 142 cm³/mol. The molecule has 5 N–H and O–H groups in total. The molecule has 2 fully saturated rings. The molecule has 0 bridgehead atoms. The number of para-hydroxylation sites is 1. The van der Waals surface area contributed by atoms with Gasteiger partial charge in [0, 0.05) is 38.3 Å². The van der Waals surface area contributed by atoms with E-state index in [0.29, 0.717) is 42.6 Å². The average Bonchev–Trinajstić information content (AvgIpc) is 3.32. The van der Waals surface area contributed by atoms with Crippen LogP contribution in [0.15, 0.2) is 53.4 Å². The van der Waals surface area contributed by atoms with Crippen molar-refractivity contribution in [2.45, 2.75) is 36.9 Å². The van der Waals surface area contributed by atoms with Crippen molar-refractivity contribution in [2.24, 2.45) is 5.92 Å². The lowest BCUT2D eigenvalue weighted by atomic mass is 9.93. The second-order valence-corrected chi connectivity index (χ2v) is 12.6. The molecule has 10 nitrogen and oxygen atoms in total. The number of fused-ring (bicyclic) bond motifs is 1. The summed E-state index contributed by atoms with van der Waals surface area (Å²) in [4.78, 5) is 42.6. The number of hydrogen-bond acceptors (Lipinski definition) is 7. The van der Waals surface area contributed by atoms with E-state index in [4.69, 9.17) is 0 Å². The Balaban J connectivity index is 1.28. The molecule has 2 unspecified atom stereocenters. The molecule has 0 aliphatic carbocycles. The van der Waals surface area contributed by atoms with Crippen molar-refractivity contribution in [2.75, 3.05) is 36.8 Å². The average molecular weight is 528 g/mol. The van der Waals surface area contributed by atoms with Crippen molar-refractivity contribution in [1.82, 2.24) is 20.9 Å². The molecule has 3 aliphatic rings. The first-order valence-electron chi connectivity index (χ1n) is 12.4. The lowest BCUT2D eigenvalue weighted by Gasteiger charge is -2.43. The maximum absolute atomic E-state index is 13.2. The Morgan fingerprint density at radius 3 is 2.57 bits per heavy atom. The van der Waals surface area contributed by atoms with Crippen molar-refractivity contribution in [3.05, 3.63) is 59.7 Å². The minimum absolute atomic E-state index is 0.283. The largest absolute Gasteiger partial charge is 0.364 e. The van der Waals surface area contributed by atoms with E-state index in [0.717, 1.165) is 17.8 Å². The molecular weight excluding hydrogens is 494 g/mol. The van der Waals surface area contributed by atoms with Gasteiger partial charge in [-0.15, -0.1) is 0 Å². The van der Waals surface area contributed by atoms with E-state index in [1.165, 1.54) is 0 Å². The highest BCUT2D eigenvalue weighted by Gasteiger charge is 2.57. The molecule has 2 aromatic rings. The second kappa shape index (κ2) is 9.64. The van der Waals surface area contributed by atoms with E-state index in [-0.39, 0.29) is 11.7 Å². The summed E-state index contributed by atoms with van der Waals surface area (Å²) in [7, 11) is -2.78. The maximum Gasteiger partial charge on any atom is 0.322 e. The molecule has 11 heteroatoms. The molecule has 1 spiro atoms. The van der Waals surface area contributed by atoms with Gasteiger partial charge in [-0.1, -0.05) is 38.1 Å². The minimum atomic E-state index is -2.78. The first-order chi connectivity index (χ1) is 17.6. The highest BCUT2D eigenvalue weighted by Crippen LogP contribution is 2.55. The summed E-state index contributed by atoms with van der Waals surface area (Å²) < 4.78 is 20.8. The summed E-state index contributed by atoms with van der Waals surface area (Å²) in [6.07, 6.45) is 0. The quantitative estimate of drug-likeness (QED) is 0.364. The third-order valence-corrected chi connectivity index (χ3v) is 9.00. The number of hydrogen-bond donors (Lipinski definition) is 5. The van der Waals surface area contributed by atoms with Gasteiger partial charge in [0.1, 0.15) is 0 Å². The summed E-state index contributed by atoms with van der Waals surface area (Å²) in [6.45, 7) is 6.81. The van der Waals surface area contributed by atoms with Gasteiger partial charge in [-0.25, -0.2) is 4.79 Å². The van der Waals surface area contributed by atoms with Crippen molar-refractivity contribution >= 4 is 34.1 Å². The standard InChI is InChI=1S/C26H33N5O5S/c1-17(2)13-30-15-22(26(16-30)24(33)28-25(34)29-26)27-23(32)19-9-7-18(8-10-19)14-31-11-12-37(35,36)21-6-4-3-5-20(21)31/h3-10,17,22,35-36H,11-16H2,1-2H3,(H,27,32)(H2,28,29,33,34). The SMILES string of the molecule is CC(C)CN1CC(NC(=O)c2ccc(CN3CCS(O)(O)c4ccccc43)cc2)C2(C1)NC(=O)NC2=O. The number of amides is 4. The molecule has 5 rings (SSSR count). The van der Waals surface area contributed by atoms with Crippen LogP contribution in [0.4, 0.5) is 10.5 Å². The first-order valence-corrected chi connectivity index (χ1v) is 14.1. The lowest BCUT2D eigenvalue weighted by molar-refractivity contribution is -0.124. The zero-order valence-corrected chi connectivity index (χ0v) is 21.8. The zero-order valence-electron chi connectivity index (χ0n) is 20.9. The van der Waals surface area contributed by atoms with Gasteiger partial charge >= 0.3 is 6.03 Å². The molecule has 2 saturated heterocycles. The van der Waals surface area contributed by atoms with E-state index in [2.05, 4.69) is 39.6 Å². The Kier molecular flexibility index (Phi) is 6.65. The van der Waals surface area contributed by atoms with Crippen molar-refractivity contribution in [1.29, 1.82) is 0 Å². The van der Waals surface area contributed by atoms with Crippen LogP contribution in [0.3, 0.4) is 0 Å². The number of urea groups is 1. The maximum atomic E-state index is 13.2. The Bertz CT molecular complexity index is 1220. The number of rotatable bonds is 6. The Labute approximate surface area is 217 Å². The Morgan fingerprint density at radius 1 is 1.16 bits per heavy atom. The highest BCUT2D eigenvalue weighted by atomic mass is 32.3. The molecule has 0 saturated carbocycles. The van der Waals surface area contributed by atoms with Crippen LogP contribution in [-0.4, -0.2) is 75.4 Å². The van der Waals surface area contributed by atoms with E-state index in [1.54, 1.807) is 24.3 Å². The van der Waals surface area contributed by atoms with Gasteiger partial charge in [-0.05, 0) is 35.7 Å². The fourth-order valence-corrected chi connectivity index (χ4v) is 7.00. The van der Waals surface area contributed by atoms with Crippen LogP contribution < -0.4 is 20.9 Å². The van der Waals surface area contributed by atoms with E-state index >= 15 is 0 Å². The topological polar surface area (TPSA) is 134 Å². The number of carbonyl (C=O) groups excluding carboxylic acids is 3. The molecule has 3 aliphatic heterocycles. The summed E-state index contributed by atoms with van der Waals surface area (Å²) in [6, 6.07) is 13.5. The van der Waals surface area contributed by atoms with Crippen molar-refractivity contribution < 1.29 is 23.5 Å². The minimum Gasteiger partial charge on any atom is -0.364 e. The van der Waals surface area contributed by atoms with Gasteiger partial charge in [0.15, 0.2) is 5.54 Å². The number of anilines is 1. The van der Waals surface area contributed by atoms with Gasteiger partial charge in [-0.2, -0.15) is 10.6 Å². The van der Waals surface area contributed by atoms with E-state index in [1.807, 2.05) is 24.3 Å². The number of imide groups is 1. The Morgan fingerprint density at radius 2 is 1.89 bits per heavy atom. The van der Waals surface area contributed by atoms with E-state index in [9.17, 15) is 23.5 Å². The number of carbonyl (C=O) groups is 3. The van der Waals surface area contributed by atoms with Crippen LogP contribution in [-0.2, 0) is 11.3 Å². The normalized spacial score (nSPS) is 25.6. The molecule has 0 aromatic heterocycles. The van der Waals surface area contributed by atoms with Crippen LogP contribution in [0.1, 0.15) is 29.8 Å².